The van der Waals surface area contributed by atoms with E-state index in [9.17, 15) is 0 Å². The molecule has 1 aliphatic heterocycles. The van der Waals surface area contributed by atoms with Gasteiger partial charge in [-0.2, -0.15) is 0 Å². The van der Waals surface area contributed by atoms with Crippen LogP contribution in [0.15, 0.2) is 0 Å². The molecular weight excluding hydrogens is 382 g/mol. The van der Waals surface area contributed by atoms with Gasteiger partial charge in [-0.25, -0.2) is 0 Å². The summed E-state index contributed by atoms with van der Waals surface area (Å²) in [7, 11) is 0. The maximum absolute atomic E-state index is 6.16. The van der Waals surface area contributed by atoms with E-state index >= 15 is 0 Å². The van der Waals surface area contributed by atoms with E-state index in [4.69, 9.17) is 4.74 Å². The molecule has 1 saturated carbocycles. The highest BCUT2D eigenvalue weighted by molar-refractivity contribution is 4.86. The van der Waals surface area contributed by atoms with Gasteiger partial charge in [0, 0.05) is 45.3 Å². The van der Waals surface area contributed by atoms with Crippen LogP contribution >= 0.6 is 0 Å². The van der Waals surface area contributed by atoms with Crippen molar-refractivity contribution in [2.24, 2.45) is 11.8 Å². The Bertz CT molecular complexity index is 419. The fourth-order valence-electron chi connectivity index (χ4n) is 5.34. The Balaban J connectivity index is 1.48. The van der Waals surface area contributed by atoms with Crippen molar-refractivity contribution in [2.75, 3.05) is 52.4 Å². The highest BCUT2D eigenvalue weighted by atomic mass is 16.5. The number of unbranched alkanes of at least 4 members (excludes halogenated alkanes) is 3. The van der Waals surface area contributed by atoms with Crippen LogP contribution in [0.1, 0.15) is 98.3 Å². The molecule has 1 N–H and O–H groups in total. The zero-order chi connectivity index (χ0) is 22.3. The second-order valence-corrected chi connectivity index (χ2v) is 10.6. The summed E-state index contributed by atoms with van der Waals surface area (Å²) in [6.07, 6.45) is 15.4. The van der Waals surface area contributed by atoms with Crippen LogP contribution in [-0.4, -0.2) is 74.4 Å². The molecule has 4 heteroatoms. The Morgan fingerprint density at radius 2 is 1.55 bits per heavy atom. The first-order valence-corrected chi connectivity index (χ1v) is 13.9. The molecule has 2 unspecified atom stereocenters. The molecule has 0 bridgehead atoms. The molecule has 2 atom stereocenters. The second-order valence-electron chi connectivity index (χ2n) is 10.6. The quantitative estimate of drug-likeness (QED) is 0.284. The Kier molecular flexibility index (Phi) is 14.4. The molecule has 0 amide bonds. The molecule has 0 spiro atoms. The molecule has 1 saturated heterocycles. The average molecular weight is 438 g/mol. The first-order chi connectivity index (χ1) is 15.1. The van der Waals surface area contributed by atoms with Crippen molar-refractivity contribution < 1.29 is 4.74 Å². The second kappa shape index (κ2) is 16.5. The monoisotopic (exact) mass is 437 g/mol. The fourth-order valence-corrected chi connectivity index (χ4v) is 5.34. The molecule has 4 nitrogen and oxygen atoms in total. The standard InChI is InChI=1S/C27H55N3O/c1-5-8-9-10-13-25(12-7-3)23-30-16-14-29(15-17-30)18-19-31-27-20-26(21-27)28-22-24(4)11-6-2/h24-28H,5-23H2,1-4H3/t24?,25?,26-,27-. The summed E-state index contributed by atoms with van der Waals surface area (Å²) in [5.74, 6) is 1.73. The smallest absolute Gasteiger partial charge is 0.0605 e. The first-order valence-electron chi connectivity index (χ1n) is 13.9. The van der Waals surface area contributed by atoms with E-state index in [0.717, 1.165) is 25.0 Å². The van der Waals surface area contributed by atoms with E-state index in [2.05, 4.69) is 42.8 Å². The lowest BCUT2D eigenvalue weighted by Crippen LogP contribution is -2.49. The Hall–Kier alpha value is -0.160. The minimum absolute atomic E-state index is 0.503. The third kappa shape index (κ3) is 11.5. The number of ether oxygens (including phenoxy) is 1. The lowest BCUT2D eigenvalue weighted by atomic mass is 9.88. The maximum Gasteiger partial charge on any atom is 0.0605 e. The van der Waals surface area contributed by atoms with Crippen molar-refractivity contribution in [1.29, 1.82) is 0 Å². The summed E-state index contributed by atoms with van der Waals surface area (Å²) in [5, 5.41) is 3.73. The normalized spacial score (nSPS) is 24.8. The van der Waals surface area contributed by atoms with E-state index in [0.29, 0.717) is 12.1 Å². The van der Waals surface area contributed by atoms with Crippen LogP contribution in [0.3, 0.4) is 0 Å². The Morgan fingerprint density at radius 3 is 2.23 bits per heavy atom. The van der Waals surface area contributed by atoms with E-state index in [-0.39, 0.29) is 0 Å². The molecule has 0 radical (unpaired) electrons. The predicted octanol–water partition coefficient (Wildman–Crippen LogP) is 5.56. The van der Waals surface area contributed by atoms with Gasteiger partial charge in [-0.1, -0.05) is 66.2 Å². The SMILES string of the molecule is CCCCCCC(CCC)CN1CCN(CCO[C@H]2C[C@H](NCC(C)CCC)C2)CC1. The van der Waals surface area contributed by atoms with Crippen molar-refractivity contribution >= 4 is 0 Å². The number of hydrogen-bond donors (Lipinski definition) is 1. The number of nitrogens with zero attached hydrogens (tertiary/aromatic N) is 2. The highest BCUT2D eigenvalue weighted by Crippen LogP contribution is 2.24. The zero-order valence-electron chi connectivity index (χ0n) is 21.5. The van der Waals surface area contributed by atoms with Crippen molar-refractivity contribution in [2.45, 2.75) is 110 Å². The summed E-state index contributed by atoms with van der Waals surface area (Å²) >= 11 is 0. The van der Waals surface area contributed by atoms with Gasteiger partial charge in [0.2, 0.25) is 0 Å². The maximum atomic E-state index is 6.16. The molecule has 1 heterocycles. The number of rotatable bonds is 18. The van der Waals surface area contributed by atoms with Gasteiger partial charge in [-0.15, -0.1) is 0 Å². The van der Waals surface area contributed by atoms with Gasteiger partial charge in [0.05, 0.1) is 12.7 Å². The Labute approximate surface area is 194 Å². The minimum Gasteiger partial charge on any atom is -0.377 e. The molecular formula is C27H55N3O. The molecule has 184 valence electrons. The van der Waals surface area contributed by atoms with Crippen LogP contribution in [0.5, 0.6) is 0 Å². The van der Waals surface area contributed by atoms with E-state index in [1.807, 2.05) is 0 Å². The van der Waals surface area contributed by atoms with Crippen molar-refractivity contribution in [3.63, 3.8) is 0 Å². The van der Waals surface area contributed by atoms with Gasteiger partial charge in [0.25, 0.3) is 0 Å². The molecule has 0 aromatic heterocycles. The van der Waals surface area contributed by atoms with Gasteiger partial charge in [0.15, 0.2) is 0 Å². The Morgan fingerprint density at radius 1 is 0.839 bits per heavy atom. The van der Waals surface area contributed by atoms with Crippen LogP contribution in [-0.2, 0) is 4.74 Å². The largest absolute Gasteiger partial charge is 0.377 e. The summed E-state index contributed by atoms with van der Waals surface area (Å²) in [6.45, 7) is 18.8. The van der Waals surface area contributed by atoms with Crippen LogP contribution in [0.2, 0.25) is 0 Å². The molecule has 0 aromatic carbocycles. The van der Waals surface area contributed by atoms with Gasteiger partial charge in [-0.3, -0.25) is 4.90 Å². The van der Waals surface area contributed by atoms with Crippen molar-refractivity contribution in [3.05, 3.63) is 0 Å². The summed E-state index contributed by atoms with van der Waals surface area (Å²) in [5.41, 5.74) is 0. The van der Waals surface area contributed by atoms with Crippen molar-refractivity contribution in [3.8, 4) is 0 Å². The van der Waals surface area contributed by atoms with Crippen LogP contribution < -0.4 is 5.32 Å². The molecule has 2 fully saturated rings. The molecule has 31 heavy (non-hydrogen) atoms. The topological polar surface area (TPSA) is 27.7 Å². The van der Waals surface area contributed by atoms with E-state index < -0.39 is 0 Å². The van der Waals surface area contributed by atoms with Gasteiger partial charge in [-0.05, 0) is 50.5 Å². The van der Waals surface area contributed by atoms with Crippen LogP contribution in [0.4, 0.5) is 0 Å². The van der Waals surface area contributed by atoms with Gasteiger partial charge >= 0.3 is 0 Å². The lowest BCUT2D eigenvalue weighted by Gasteiger charge is -2.38. The van der Waals surface area contributed by atoms with Gasteiger partial charge < -0.3 is 15.0 Å². The summed E-state index contributed by atoms with van der Waals surface area (Å²) in [4.78, 5) is 5.35. The van der Waals surface area contributed by atoms with Gasteiger partial charge in [0.1, 0.15) is 0 Å². The molecule has 0 aromatic rings. The highest BCUT2D eigenvalue weighted by Gasteiger charge is 2.29. The number of hydrogen-bond acceptors (Lipinski definition) is 4. The third-order valence-corrected chi connectivity index (χ3v) is 7.54. The third-order valence-electron chi connectivity index (χ3n) is 7.54. The molecule has 1 aliphatic carbocycles. The van der Waals surface area contributed by atoms with E-state index in [1.54, 1.807) is 0 Å². The van der Waals surface area contributed by atoms with Crippen molar-refractivity contribution in [1.82, 2.24) is 15.1 Å². The summed E-state index contributed by atoms with van der Waals surface area (Å²) < 4.78 is 6.16. The van der Waals surface area contributed by atoms with Crippen LogP contribution in [0.25, 0.3) is 0 Å². The molecule has 2 aliphatic rings. The number of nitrogens with one attached hydrogen (secondary N) is 1. The average Bonchev–Trinajstić information content (AvgIpc) is 2.73. The predicted molar refractivity (Wildman–Crippen MR) is 135 cm³/mol. The first kappa shape index (κ1) is 27.1. The molecule has 2 rings (SSSR count). The number of piperazine rings is 1. The fraction of sp³-hybridized carbons (Fsp3) is 1.00. The zero-order valence-corrected chi connectivity index (χ0v) is 21.5. The van der Waals surface area contributed by atoms with E-state index in [1.165, 1.54) is 110 Å². The minimum atomic E-state index is 0.503. The lowest BCUT2D eigenvalue weighted by molar-refractivity contribution is -0.0286. The van der Waals surface area contributed by atoms with Crippen LogP contribution in [0, 0.1) is 11.8 Å². The summed E-state index contributed by atoms with van der Waals surface area (Å²) in [6, 6.07) is 0.700.